The number of hydrogen-bond donors (Lipinski definition) is 1. The van der Waals surface area contributed by atoms with Gasteiger partial charge in [0.1, 0.15) is 11.9 Å². The molecule has 2 saturated heterocycles. The van der Waals surface area contributed by atoms with Crippen molar-refractivity contribution in [2.24, 2.45) is 0 Å². The van der Waals surface area contributed by atoms with Gasteiger partial charge in [0, 0.05) is 42.0 Å². The SMILES string of the molecule is CC(Oc1c(N)ncc2c(C3=CCN(C(=O)N4CC5CC4CO5)CC3)coc12)c1c(Cl)ccc(F)c1Cl. The van der Waals surface area contributed by atoms with Crippen LogP contribution in [0.15, 0.2) is 35.1 Å². The lowest BCUT2D eigenvalue weighted by molar-refractivity contribution is 0.0370. The Labute approximate surface area is 222 Å². The molecule has 8 nitrogen and oxygen atoms in total. The van der Waals surface area contributed by atoms with Crippen LogP contribution in [0.25, 0.3) is 16.5 Å². The summed E-state index contributed by atoms with van der Waals surface area (Å²) in [4.78, 5) is 21.1. The third-order valence-electron chi connectivity index (χ3n) is 7.35. The molecule has 3 unspecified atom stereocenters. The van der Waals surface area contributed by atoms with Gasteiger partial charge in [-0.15, -0.1) is 0 Å². The normalized spacial score (nSPS) is 22.0. The van der Waals surface area contributed by atoms with Crippen LogP contribution in [0.5, 0.6) is 5.75 Å². The maximum atomic E-state index is 14.1. The Morgan fingerprint density at radius 1 is 1.35 bits per heavy atom. The Morgan fingerprint density at radius 3 is 2.89 bits per heavy atom. The zero-order chi connectivity index (χ0) is 25.8. The molecule has 0 spiro atoms. The molecule has 2 fully saturated rings. The number of carbonyl (C=O) groups is 1. The van der Waals surface area contributed by atoms with Crippen LogP contribution in [0, 0.1) is 5.82 Å². The van der Waals surface area contributed by atoms with Crippen molar-refractivity contribution in [1.82, 2.24) is 14.8 Å². The van der Waals surface area contributed by atoms with Gasteiger partial charge in [0.15, 0.2) is 11.4 Å². The van der Waals surface area contributed by atoms with E-state index in [2.05, 4.69) is 4.98 Å². The highest BCUT2D eigenvalue weighted by molar-refractivity contribution is 6.36. The number of anilines is 1. The largest absolute Gasteiger partial charge is 0.478 e. The van der Waals surface area contributed by atoms with Crippen molar-refractivity contribution in [1.29, 1.82) is 0 Å². The minimum atomic E-state index is -0.723. The van der Waals surface area contributed by atoms with E-state index in [1.165, 1.54) is 12.1 Å². The molecule has 2 bridgehead atoms. The number of hydrogen-bond acceptors (Lipinski definition) is 6. The van der Waals surface area contributed by atoms with E-state index in [-0.39, 0.29) is 39.8 Å². The number of amides is 2. The van der Waals surface area contributed by atoms with E-state index in [1.54, 1.807) is 19.4 Å². The summed E-state index contributed by atoms with van der Waals surface area (Å²) >= 11 is 12.4. The Morgan fingerprint density at radius 2 is 2.19 bits per heavy atom. The number of ether oxygens (including phenoxy) is 2. The number of rotatable bonds is 4. The van der Waals surface area contributed by atoms with Crippen LogP contribution >= 0.6 is 23.2 Å². The molecule has 2 aromatic heterocycles. The molecule has 11 heteroatoms. The lowest BCUT2D eigenvalue weighted by Crippen LogP contribution is -2.49. The van der Waals surface area contributed by atoms with Crippen LogP contribution in [0.1, 0.15) is 37.0 Å². The summed E-state index contributed by atoms with van der Waals surface area (Å²) in [5.41, 5.74) is 8.78. The third-order valence-corrected chi connectivity index (χ3v) is 8.07. The van der Waals surface area contributed by atoms with Crippen molar-refractivity contribution in [3.63, 3.8) is 0 Å². The fourth-order valence-corrected chi connectivity index (χ4v) is 6.07. The average molecular weight is 547 g/mol. The van der Waals surface area contributed by atoms with E-state index in [4.69, 9.17) is 42.8 Å². The molecule has 194 valence electrons. The van der Waals surface area contributed by atoms with E-state index in [1.807, 2.05) is 15.9 Å². The van der Waals surface area contributed by atoms with Crippen molar-refractivity contribution in [2.75, 3.05) is 32.0 Å². The summed E-state index contributed by atoms with van der Waals surface area (Å²) in [5.74, 6) is -0.238. The van der Waals surface area contributed by atoms with Crippen LogP contribution in [0.4, 0.5) is 15.0 Å². The minimum absolute atomic E-state index is 0.0666. The first-order chi connectivity index (χ1) is 17.8. The maximum absolute atomic E-state index is 14.1. The monoisotopic (exact) mass is 546 g/mol. The van der Waals surface area contributed by atoms with Gasteiger partial charge in [0.05, 0.1) is 35.4 Å². The molecule has 6 rings (SSSR count). The second-order valence-corrected chi connectivity index (χ2v) is 10.4. The zero-order valence-corrected chi connectivity index (χ0v) is 21.6. The maximum Gasteiger partial charge on any atom is 0.320 e. The fraction of sp³-hybridized carbons (Fsp3) is 0.385. The second kappa shape index (κ2) is 9.38. The molecule has 2 amide bonds. The number of pyridine rings is 1. The van der Waals surface area contributed by atoms with Crippen LogP contribution in [0.3, 0.4) is 0 Å². The van der Waals surface area contributed by atoms with Gasteiger partial charge in [-0.05, 0) is 37.5 Å². The van der Waals surface area contributed by atoms with Crippen molar-refractivity contribution in [2.45, 2.75) is 38.0 Å². The Hall–Kier alpha value is -3.01. The van der Waals surface area contributed by atoms with E-state index in [0.717, 1.165) is 22.9 Å². The van der Waals surface area contributed by atoms with Gasteiger partial charge in [-0.2, -0.15) is 0 Å². The Bertz CT molecular complexity index is 1430. The number of nitrogens with two attached hydrogens (primary N) is 1. The number of benzene rings is 1. The number of fused-ring (bicyclic) bond motifs is 3. The van der Waals surface area contributed by atoms with Gasteiger partial charge >= 0.3 is 6.03 Å². The van der Waals surface area contributed by atoms with Crippen LogP contribution in [-0.4, -0.2) is 59.2 Å². The summed E-state index contributed by atoms with van der Waals surface area (Å²) in [5, 5.41) is 0.894. The average Bonchev–Trinajstić information content (AvgIpc) is 3.64. The summed E-state index contributed by atoms with van der Waals surface area (Å²) in [6.07, 6.45) is 6.38. The molecule has 3 atom stereocenters. The summed E-state index contributed by atoms with van der Waals surface area (Å²) in [7, 11) is 0. The molecular formula is C26H25Cl2FN4O4. The summed E-state index contributed by atoms with van der Waals surface area (Å²) < 4.78 is 31.7. The molecule has 5 heterocycles. The molecule has 3 aliphatic rings. The van der Waals surface area contributed by atoms with Gasteiger partial charge in [-0.1, -0.05) is 29.3 Å². The highest BCUT2D eigenvalue weighted by atomic mass is 35.5. The van der Waals surface area contributed by atoms with Crippen molar-refractivity contribution >= 4 is 51.6 Å². The molecule has 2 N–H and O–H groups in total. The molecule has 3 aliphatic heterocycles. The van der Waals surface area contributed by atoms with Crippen LogP contribution in [-0.2, 0) is 4.74 Å². The van der Waals surface area contributed by atoms with Crippen molar-refractivity contribution in [3.05, 3.63) is 57.7 Å². The van der Waals surface area contributed by atoms with Crippen molar-refractivity contribution < 1.29 is 23.1 Å². The smallest absolute Gasteiger partial charge is 0.320 e. The van der Waals surface area contributed by atoms with E-state index in [9.17, 15) is 9.18 Å². The molecule has 3 aromatic rings. The van der Waals surface area contributed by atoms with Crippen molar-refractivity contribution in [3.8, 4) is 5.75 Å². The Kier molecular flexibility index (Phi) is 6.17. The van der Waals surface area contributed by atoms with Crippen LogP contribution < -0.4 is 10.5 Å². The number of aromatic nitrogens is 1. The third kappa shape index (κ3) is 4.19. The molecule has 0 radical (unpaired) electrons. The first kappa shape index (κ1) is 24.3. The summed E-state index contributed by atoms with van der Waals surface area (Å²) in [6.45, 7) is 4.11. The number of morpholine rings is 1. The zero-order valence-electron chi connectivity index (χ0n) is 20.0. The lowest BCUT2D eigenvalue weighted by atomic mass is 9.99. The number of urea groups is 1. The number of carbonyl (C=O) groups excluding carboxylic acids is 1. The van der Waals surface area contributed by atoms with Gasteiger partial charge in [-0.25, -0.2) is 14.2 Å². The number of nitrogens with zero attached hydrogens (tertiary/aromatic N) is 3. The predicted octanol–water partition coefficient (Wildman–Crippen LogP) is 5.68. The highest BCUT2D eigenvalue weighted by Gasteiger charge is 2.43. The first-order valence-corrected chi connectivity index (χ1v) is 12.9. The van der Waals surface area contributed by atoms with Gasteiger partial charge < -0.3 is 29.4 Å². The molecule has 37 heavy (non-hydrogen) atoms. The number of likely N-dealkylation sites (tertiary alicyclic amines) is 1. The first-order valence-electron chi connectivity index (χ1n) is 12.1. The van der Waals surface area contributed by atoms with E-state index < -0.39 is 11.9 Å². The summed E-state index contributed by atoms with van der Waals surface area (Å²) in [6, 6.07) is 2.88. The molecule has 1 aromatic carbocycles. The Balaban J connectivity index is 1.24. The van der Waals surface area contributed by atoms with Gasteiger partial charge in [0.2, 0.25) is 5.75 Å². The molecule has 0 aliphatic carbocycles. The highest BCUT2D eigenvalue weighted by Crippen LogP contribution is 2.41. The molecular weight excluding hydrogens is 522 g/mol. The van der Waals surface area contributed by atoms with E-state index >= 15 is 0 Å². The van der Waals surface area contributed by atoms with Crippen LogP contribution in [0.2, 0.25) is 10.0 Å². The van der Waals surface area contributed by atoms with E-state index in [0.29, 0.717) is 43.8 Å². The topological polar surface area (TPSA) is 94.1 Å². The number of furan rings is 1. The fourth-order valence-electron chi connectivity index (χ4n) is 5.40. The number of nitrogen functional groups attached to an aromatic ring is 1. The predicted molar refractivity (Wildman–Crippen MR) is 138 cm³/mol. The molecule has 0 saturated carbocycles. The quantitative estimate of drug-likeness (QED) is 0.423. The lowest BCUT2D eigenvalue weighted by Gasteiger charge is -2.34. The second-order valence-electron chi connectivity index (χ2n) is 9.59. The van der Waals surface area contributed by atoms with Gasteiger partial charge in [-0.3, -0.25) is 0 Å². The number of halogens is 3. The van der Waals surface area contributed by atoms with Gasteiger partial charge in [0.25, 0.3) is 0 Å². The standard InChI is InChI=1S/C26H25Cl2FN4O4/c1-13(21-19(27)2-3-20(29)22(21)28)37-24-23-17(9-31-25(24)30)18(12-36-23)14-4-6-32(7-5-14)26(34)33-10-16-8-15(33)11-35-16/h2-4,9,12-13,15-16H,5-8,10-11H2,1H3,(H2,30,31). The minimum Gasteiger partial charge on any atom is -0.478 e.